The van der Waals surface area contributed by atoms with Crippen LogP contribution < -0.4 is 0 Å². The fourth-order valence-electron chi connectivity index (χ4n) is 2.61. The molecule has 1 unspecified atom stereocenters. The van der Waals surface area contributed by atoms with Crippen LogP contribution in [0.3, 0.4) is 0 Å². The Bertz CT molecular complexity index is 604. The highest BCUT2D eigenvalue weighted by Gasteiger charge is 2.30. The molecule has 3 rings (SSSR count). The molecule has 1 aliphatic rings. The highest BCUT2D eigenvalue weighted by Crippen LogP contribution is 2.30. The van der Waals surface area contributed by atoms with E-state index >= 15 is 0 Å². The molecule has 18 heavy (non-hydrogen) atoms. The summed E-state index contributed by atoms with van der Waals surface area (Å²) < 4.78 is 1.09. The monoisotopic (exact) mass is 300 g/mol. The van der Waals surface area contributed by atoms with Gasteiger partial charge in [0.05, 0.1) is 0 Å². The zero-order valence-corrected chi connectivity index (χ0v) is 11.5. The van der Waals surface area contributed by atoms with Gasteiger partial charge in [-0.3, -0.25) is 4.79 Å². The van der Waals surface area contributed by atoms with Crippen LogP contribution in [0.5, 0.6) is 0 Å². The average molecular weight is 301 g/mol. The predicted molar refractivity (Wildman–Crippen MR) is 75.8 cm³/mol. The van der Waals surface area contributed by atoms with Crippen molar-refractivity contribution in [2.45, 2.75) is 12.8 Å². The summed E-state index contributed by atoms with van der Waals surface area (Å²) in [4.78, 5) is 12.3. The molecular weight excluding hydrogens is 288 g/mol. The third kappa shape index (κ3) is 2.01. The molecule has 1 nitrogen and oxygen atoms in total. The van der Waals surface area contributed by atoms with E-state index in [-0.39, 0.29) is 5.92 Å². The van der Waals surface area contributed by atoms with Crippen LogP contribution in [-0.4, -0.2) is 5.78 Å². The van der Waals surface area contributed by atoms with Gasteiger partial charge in [0.1, 0.15) is 0 Å². The van der Waals surface area contributed by atoms with Gasteiger partial charge in [0.25, 0.3) is 0 Å². The average Bonchev–Trinajstić information content (AvgIpc) is 2.70. The van der Waals surface area contributed by atoms with Crippen molar-refractivity contribution >= 4 is 21.7 Å². The molecule has 2 aromatic carbocycles. The van der Waals surface area contributed by atoms with E-state index in [2.05, 4.69) is 28.1 Å². The van der Waals surface area contributed by atoms with Gasteiger partial charge in [-0.1, -0.05) is 58.4 Å². The summed E-state index contributed by atoms with van der Waals surface area (Å²) in [5.74, 6) is 0.391. The lowest BCUT2D eigenvalue weighted by atomic mass is 9.96. The molecule has 2 aromatic rings. The van der Waals surface area contributed by atoms with Crippen LogP contribution in [0.15, 0.2) is 53.0 Å². The maximum Gasteiger partial charge on any atom is 0.166 e. The predicted octanol–water partition coefficient (Wildman–Crippen LogP) is 4.05. The number of Topliss-reactive ketones (excluding diaryl/α,β-unsaturated/α-hetero) is 1. The van der Waals surface area contributed by atoms with Crippen molar-refractivity contribution in [1.82, 2.24) is 0 Å². The molecule has 0 amide bonds. The summed E-state index contributed by atoms with van der Waals surface area (Å²) >= 11 is 3.55. The summed E-state index contributed by atoms with van der Waals surface area (Å²) in [5.41, 5.74) is 3.32. The molecule has 0 spiro atoms. The minimum Gasteiger partial charge on any atom is -0.294 e. The number of benzene rings is 2. The maximum atomic E-state index is 12.3. The van der Waals surface area contributed by atoms with Crippen LogP contribution in [0.1, 0.15) is 21.5 Å². The van der Waals surface area contributed by atoms with Gasteiger partial charge in [0, 0.05) is 16.0 Å². The van der Waals surface area contributed by atoms with Gasteiger partial charge >= 0.3 is 0 Å². The Kier molecular flexibility index (Phi) is 3.04. The van der Waals surface area contributed by atoms with E-state index < -0.39 is 0 Å². The molecule has 2 heteroatoms. The summed E-state index contributed by atoms with van der Waals surface area (Å²) in [5, 5.41) is 0. The first-order valence-electron chi connectivity index (χ1n) is 6.11. The van der Waals surface area contributed by atoms with Gasteiger partial charge in [-0.2, -0.15) is 0 Å². The van der Waals surface area contributed by atoms with Crippen LogP contribution in [0.2, 0.25) is 0 Å². The number of ketones is 1. The molecule has 0 aliphatic heterocycles. The Morgan fingerprint density at radius 3 is 2.56 bits per heavy atom. The molecule has 0 saturated carbocycles. The third-order valence-corrected chi connectivity index (χ3v) is 4.32. The van der Waals surface area contributed by atoms with Crippen molar-refractivity contribution in [1.29, 1.82) is 0 Å². The molecule has 0 bridgehead atoms. The highest BCUT2D eigenvalue weighted by molar-refractivity contribution is 9.10. The molecule has 0 aromatic heterocycles. The number of rotatable bonds is 2. The summed E-state index contributed by atoms with van der Waals surface area (Å²) in [7, 11) is 0. The van der Waals surface area contributed by atoms with Gasteiger partial charge < -0.3 is 0 Å². The second-order valence-electron chi connectivity index (χ2n) is 4.72. The molecule has 1 aliphatic carbocycles. The van der Waals surface area contributed by atoms with Gasteiger partial charge in [-0.15, -0.1) is 0 Å². The molecule has 0 saturated heterocycles. The third-order valence-electron chi connectivity index (χ3n) is 3.54. The van der Waals surface area contributed by atoms with Crippen molar-refractivity contribution in [3.63, 3.8) is 0 Å². The first-order valence-corrected chi connectivity index (χ1v) is 6.90. The lowest BCUT2D eigenvalue weighted by molar-refractivity contribution is 0.0936. The smallest absolute Gasteiger partial charge is 0.166 e. The first-order chi connectivity index (χ1) is 8.75. The summed E-state index contributed by atoms with van der Waals surface area (Å²) in [6.07, 6.45) is 1.69. The van der Waals surface area contributed by atoms with Crippen molar-refractivity contribution in [3.8, 4) is 0 Å². The van der Waals surface area contributed by atoms with Gasteiger partial charge in [0.15, 0.2) is 5.78 Å². The van der Waals surface area contributed by atoms with E-state index in [1.54, 1.807) is 0 Å². The van der Waals surface area contributed by atoms with Gasteiger partial charge in [0.2, 0.25) is 0 Å². The summed E-state index contributed by atoms with van der Waals surface area (Å²) in [6, 6.07) is 16.1. The van der Waals surface area contributed by atoms with Crippen molar-refractivity contribution in [2.75, 3.05) is 0 Å². The molecular formula is C16H13BrO. The van der Waals surface area contributed by atoms with Gasteiger partial charge in [-0.25, -0.2) is 0 Å². The van der Waals surface area contributed by atoms with Crippen LogP contribution in [0, 0.1) is 5.92 Å². The Labute approximate surface area is 115 Å². The lowest BCUT2D eigenvalue weighted by Gasteiger charge is -2.09. The Hall–Kier alpha value is -1.41. The first kappa shape index (κ1) is 11.7. The molecule has 0 radical (unpaired) electrons. The van der Waals surface area contributed by atoms with E-state index in [1.165, 1.54) is 11.1 Å². The SMILES string of the molecule is O=C1c2ccccc2CC1Cc1ccccc1Br. The molecule has 0 fully saturated rings. The molecule has 0 heterocycles. The Balaban J connectivity index is 1.86. The van der Waals surface area contributed by atoms with E-state index in [0.717, 1.165) is 22.9 Å². The second kappa shape index (κ2) is 4.69. The fraction of sp³-hybridized carbons (Fsp3) is 0.188. The number of halogens is 1. The zero-order valence-electron chi connectivity index (χ0n) is 9.90. The van der Waals surface area contributed by atoms with Crippen molar-refractivity contribution in [3.05, 3.63) is 69.7 Å². The van der Waals surface area contributed by atoms with Crippen LogP contribution in [0.4, 0.5) is 0 Å². The number of hydrogen-bond donors (Lipinski definition) is 0. The quantitative estimate of drug-likeness (QED) is 0.818. The number of carbonyl (C=O) groups is 1. The molecule has 90 valence electrons. The normalized spacial score (nSPS) is 17.8. The topological polar surface area (TPSA) is 17.1 Å². The fourth-order valence-corrected chi connectivity index (χ4v) is 3.06. The van der Waals surface area contributed by atoms with Crippen LogP contribution in [0.25, 0.3) is 0 Å². The minimum absolute atomic E-state index is 0.0982. The number of hydrogen-bond acceptors (Lipinski definition) is 1. The number of fused-ring (bicyclic) bond motifs is 1. The number of carbonyl (C=O) groups excluding carboxylic acids is 1. The van der Waals surface area contributed by atoms with E-state index in [9.17, 15) is 4.79 Å². The largest absolute Gasteiger partial charge is 0.294 e. The standard InChI is InChI=1S/C16H13BrO/c17-15-8-4-2-6-12(15)10-13-9-11-5-1-3-7-14(11)16(13)18/h1-8,13H,9-10H2. The van der Waals surface area contributed by atoms with E-state index in [4.69, 9.17) is 0 Å². The van der Waals surface area contributed by atoms with E-state index in [1.807, 2.05) is 36.4 Å². The highest BCUT2D eigenvalue weighted by atomic mass is 79.9. The molecule has 1 atom stereocenters. The van der Waals surface area contributed by atoms with E-state index in [0.29, 0.717) is 5.78 Å². The summed E-state index contributed by atoms with van der Waals surface area (Å²) in [6.45, 7) is 0. The maximum absolute atomic E-state index is 12.3. The van der Waals surface area contributed by atoms with Gasteiger partial charge in [-0.05, 0) is 30.0 Å². The molecule has 0 N–H and O–H groups in total. The zero-order chi connectivity index (χ0) is 12.5. The van der Waals surface area contributed by atoms with Crippen molar-refractivity contribution in [2.24, 2.45) is 5.92 Å². The van der Waals surface area contributed by atoms with Crippen molar-refractivity contribution < 1.29 is 4.79 Å². The second-order valence-corrected chi connectivity index (χ2v) is 5.57. The van der Waals surface area contributed by atoms with Crippen LogP contribution in [-0.2, 0) is 12.8 Å². The minimum atomic E-state index is 0.0982. The van der Waals surface area contributed by atoms with Crippen LogP contribution >= 0.6 is 15.9 Å². The Morgan fingerprint density at radius 2 is 1.78 bits per heavy atom. The Morgan fingerprint density at radius 1 is 1.06 bits per heavy atom. The lowest BCUT2D eigenvalue weighted by Crippen LogP contribution is -2.12.